The van der Waals surface area contributed by atoms with Crippen LogP contribution in [-0.4, -0.2) is 29.3 Å². The molecule has 0 aromatic carbocycles. The average molecular weight is 278 g/mol. The minimum Gasteiger partial charge on any atom is -0.479 e. The summed E-state index contributed by atoms with van der Waals surface area (Å²) in [6.45, 7) is 0. The van der Waals surface area contributed by atoms with Crippen molar-refractivity contribution in [1.82, 2.24) is 15.2 Å². The molecule has 0 saturated heterocycles. The van der Waals surface area contributed by atoms with Gasteiger partial charge in [-0.2, -0.15) is 13.2 Å². The predicted molar refractivity (Wildman–Crippen MR) is 60.3 cm³/mol. The van der Waals surface area contributed by atoms with Crippen molar-refractivity contribution in [2.45, 2.75) is 6.18 Å². The van der Waals surface area contributed by atoms with Gasteiger partial charge in [-0.3, -0.25) is 5.10 Å². The largest absolute Gasteiger partial charge is 0.479 e. The Hall–Kier alpha value is -1.77. The van der Waals surface area contributed by atoms with Crippen molar-refractivity contribution in [3.8, 4) is 5.88 Å². The lowest BCUT2D eigenvalue weighted by atomic mass is 10.3. The van der Waals surface area contributed by atoms with Crippen LogP contribution in [0.25, 0.3) is 0 Å². The lowest BCUT2D eigenvalue weighted by Gasteiger charge is -2.16. The number of aromatic nitrogens is 3. The van der Waals surface area contributed by atoms with Crippen LogP contribution in [0.2, 0.25) is 0 Å². The van der Waals surface area contributed by atoms with E-state index in [1.54, 1.807) is 5.38 Å². The second-order valence-electron chi connectivity index (χ2n) is 3.33. The SMILES string of the molecule is COc1n[nH]c(N(C)c2nccs2)c1C(F)(F)F. The Labute approximate surface area is 104 Å². The van der Waals surface area contributed by atoms with Crippen LogP contribution in [0, 0.1) is 0 Å². The summed E-state index contributed by atoms with van der Waals surface area (Å²) >= 11 is 1.22. The third-order valence-corrected chi connectivity index (χ3v) is 3.08. The summed E-state index contributed by atoms with van der Waals surface area (Å²) in [5.74, 6) is -0.685. The standard InChI is InChI=1S/C9H9F3N4OS/c1-16(8-13-3-4-18-8)6-5(9(10,11)12)7(17-2)15-14-6/h3-4H,1-2H3,(H,14,15). The van der Waals surface area contributed by atoms with Gasteiger partial charge in [-0.25, -0.2) is 4.98 Å². The molecule has 0 bridgehead atoms. The summed E-state index contributed by atoms with van der Waals surface area (Å²) in [6, 6.07) is 0. The smallest absolute Gasteiger partial charge is 0.425 e. The number of methoxy groups -OCH3 is 1. The van der Waals surface area contributed by atoms with Gasteiger partial charge in [0.1, 0.15) is 5.82 Å². The molecule has 0 unspecified atom stereocenters. The third-order valence-electron chi connectivity index (χ3n) is 2.23. The molecule has 2 rings (SSSR count). The molecule has 0 radical (unpaired) electrons. The number of rotatable bonds is 3. The second-order valence-corrected chi connectivity index (χ2v) is 4.20. The Bertz CT molecular complexity index is 522. The Morgan fingerprint density at radius 1 is 1.44 bits per heavy atom. The van der Waals surface area contributed by atoms with Crippen LogP contribution >= 0.6 is 11.3 Å². The maximum absolute atomic E-state index is 12.9. The fraction of sp³-hybridized carbons (Fsp3) is 0.333. The molecule has 18 heavy (non-hydrogen) atoms. The highest BCUT2D eigenvalue weighted by molar-refractivity contribution is 7.13. The highest BCUT2D eigenvalue weighted by Crippen LogP contribution is 2.42. The van der Waals surface area contributed by atoms with Crippen molar-refractivity contribution >= 4 is 22.3 Å². The maximum Gasteiger partial charge on any atom is 0.425 e. The molecule has 2 aromatic heterocycles. The van der Waals surface area contributed by atoms with E-state index >= 15 is 0 Å². The van der Waals surface area contributed by atoms with E-state index < -0.39 is 17.6 Å². The van der Waals surface area contributed by atoms with Crippen LogP contribution in [0.5, 0.6) is 5.88 Å². The molecule has 0 aliphatic carbocycles. The predicted octanol–water partition coefficient (Wildman–Crippen LogP) is 2.66. The molecule has 2 aromatic rings. The van der Waals surface area contributed by atoms with Gasteiger partial charge in [-0.1, -0.05) is 0 Å². The molecule has 98 valence electrons. The molecule has 5 nitrogen and oxygen atoms in total. The fourth-order valence-corrected chi connectivity index (χ4v) is 2.05. The number of hydrogen-bond acceptors (Lipinski definition) is 5. The molecule has 0 aliphatic heterocycles. The number of alkyl halides is 3. The van der Waals surface area contributed by atoms with Crippen LogP contribution in [0.15, 0.2) is 11.6 Å². The monoisotopic (exact) mass is 278 g/mol. The van der Waals surface area contributed by atoms with E-state index in [4.69, 9.17) is 0 Å². The fourth-order valence-electron chi connectivity index (χ4n) is 1.44. The summed E-state index contributed by atoms with van der Waals surface area (Å²) in [7, 11) is 2.61. The molecule has 0 amide bonds. The van der Waals surface area contributed by atoms with Crippen molar-refractivity contribution in [3.63, 3.8) is 0 Å². The highest BCUT2D eigenvalue weighted by Gasteiger charge is 2.41. The zero-order chi connectivity index (χ0) is 13.3. The first-order valence-electron chi connectivity index (χ1n) is 4.78. The van der Waals surface area contributed by atoms with Gasteiger partial charge in [-0.15, -0.1) is 16.4 Å². The molecule has 9 heteroatoms. The van der Waals surface area contributed by atoms with Crippen LogP contribution in [0.3, 0.4) is 0 Å². The second kappa shape index (κ2) is 4.48. The number of nitrogens with one attached hydrogen (secondary N) is 1. The topological polar surface area (TPSA) is 54.0 Å². The van der Waals surface area contributed by atoms with E-state index in [2.05, 4.69) is 19.9 Å². The van der Waals surface area contributed by atoms with E-state index in [-0.39, 0.29) is 5.82 Å². The molecule has 0 fully saturated rings. The molecule has 1 N–H and O–H groups in total. The van der Waals surface area contributed by atoms with Gasteiger partial charge in [0, 0.05) is 18.6 Å². The first-order chi connectivity index (χ1) is 8.45. The number of H-pyrrole nitrogens is 1. The van der Waals surface area contributed by atoms with Gasteiger partial charge in [0.05, 0.1) is 7.11 Å². The number of halogens is 3. The lowest BCUT2D eigenvalue weighted by Crippen LogP contribution is -2.16. The van der Waals surface area contributed by atoms with Gasteiger partial charge in [0.15, 0.2) is 10.7 Å². The molecule has 0 atom stereocenters. The zero-order valence-corrected chi connectivity index (χ0v) is 10.3. The van der Waals surface area contributed by atoms with Gasteiger partial charge < -0.3 is 9.64 Å². The summed E-state index contributed by atoms with van der Waals surface area (Å²) in [4.78, 5) is 5.22. The van der Waals surface area contributed by atoms with E-state index in [0.29, 0.717) is 5.13 Å². The van der Waals surface area contributed by atoms with E-state index in [1.807, 2.05) is 0 Å². The van der Waals surface area contributed by atoms with Crippen LogP contribution < -0.4 is 9.64 Å². The van der Waals surface area contributed by atoms with Gasteiger partial charge in [-0.05, 0) is 0 Å². The number of hydrogen-bond donors (Lipinski definition) is 1. The van der Waals surface area contributed by atoms with Gasteiger partial charge in [0.25, 0.3) is 0 Å². The van der Waals surface area contributed by atoms with Crippen molar-refractivity contribution < 1.29 is 17.9 Å². The number of nitrogens with zero attached hydrogens (tertiary/aromatic N) is 3. The molecular weight excluding hydrogens is 269 g/mol. The van der Waals surface area contributed by atoms with E-state index in [9.17, 15) is 13.2 Å². The molecular formula is C9H9F3N4OS. The third kappa shape index (κ3) is 2.13. The Morgan fingerprint density at radius 2 is 2.17 bits per heavy atom. The normalized spacial score (nSPS) is 11.6. The summed E-state index contributed by atoms with van der Waals surface area (Å²) < 4.78 is 43.5. The van der Waals surface area contributed by atoms with Crippen molar-refractivity contribution in [1.29, 1.82) is 0 Å². The van der Waals surface area contributed by atoms with Crippen molar-refractivity contribution in [2.24, 2.45) is 0 Å². The average Bonchev–Trinajstić information content (AvgIpc) is 2.96. The molecule has 0 spiro atoms. The van der Waals surface area contributed by atoms with E-state index in [0.717, 1.165) is 7.11 Å². The number of ether oxygens (including phenoxy) is 1. The lowest BCUT2D eigenvalue weighted by molar-refractivity contribution is -0.138. The van der Waals surface area contributed by atoms with E-state index in [1.165, 1.54) is 29.5 Å². The van der Waals surface area contributed by atoms with Crippen LogP contribution in [0.1, 0.15) is 5.56 Å². The maximum atomic E-state index is 12.9. The summed E-state index contributed by atoms with van der Waals surface area (Å²) in [5, 5.41) is 7.91. The first kappa shape index (κ1) is 12.7. The minimum absolute atomic E-state index is 0.200. The van der Waals surface area contributed by atoms with Crippen molar-refractivity contribution in [3.05, 3.63) is 17.1 Å². The highest BCUT2D eigenvalue weighted by atomic mass is 32.1. The quantitative estimate of drug-likeness (QED) is 0.937. The van der Waals surface area contributed by atoms with Crippen LogP contribution in [0.4, 0.5) is 24.1 Å². The Morgan fingerprint density at radius 3 is 2.67 bits per heavy atom. The van der Waals surface area contributed by atoms with Crippen molar-refractivity contribution in [2.75, 3.05) is 19.1 Å². The van der Waals surface area contributed by atoms with Gasteiger partial charge >= 0.3 is 6.18 Å². The van der Waals surface area contributed by atoms with Crippen LogP contribution in [-0.2, 0) is 6.18 Å². The minimum atomic E-state index is -4.56. The number of anilines is 2. The summed E-state index contributed by atoms with van der Waals surface area (Å²) in [6.07, 6.45) is -3.05. The zero-order valence-electron chi connectivity index (χ0n) is 9.45. The summed E-state index contributed by atoms with van der Waals surface area (Å²) in [5.41, 5.74) is -0.942. The Balaban J connectivity index is 2.48. The number of thiazole rings is 1. The Kier molecular flexibility index (Phi) is 3.16. The molecule has 0 aliphatic rings. The number of aromatic amines is 1. The van der Waals surface area contributed by atoms with Gasteiger partial charge in [0.2, 0.25) is 5.88 Å². The molecule has 2 heterocycles. The first-order valence-corrected chi connectivity index (χ1v) is 5.66. The molecule has 0 saturated carbocycles.